The number of anilines is 1. The molecule has 0 radical (unpaired) electrons. The molecule has 0 aliphatic carbocycles. The maximum Gasteiger partial charge on any atom is 0.122 e. The molecule has 0 unspecified atom stereocenters. The summed E-state index contributed by atoms with van der Waals surface area (Å²) in [6.45, 7) is 10.6. The minimum Gasteiger partial charge on any atom is -0.489 e. The Labute approximate surface area is 144 Å². The molecule has 0 heterocycles. The molecule has 0 aliphatic heterocycles. The molecule has 2 aromatic rings. The number of nitrogens with one attached hydrogen (secondary N) is 1. The van der Waals surface area contributed by atoms with Crippen molar-refractivity contribution in [2.75, 3.05) is 5.32 Å². The zero-order valence-electron chi connectivity index (χ0n) is 14.0. The lowest BCUT2D eigenvalue weighted by atomic mass is 10.1. The summed E-state index contributed by atoms with van der Waals surface area (Å²) in [4.78, 5) is 0.812. The van der Waals surface area contributed by atoms with Gasteiger partial charge < -0.3 is 10.1 Å². The largest absolute Gasteiger partial charge is 0.489 e. The summed E-state index contributed by atoms with van der Waals surface area (Å²) in [7, 11) is 0. The number of ether oxygens (including phenoxy) is 1. The van der Waals surface area contributed by atoms with Crippen LogP contribution in [0.2, 0.25) is 0 Å². The molecule has 120 valence electrons. The monoisotopic (exact) mass is 325 g/mol. The first kappa shape index (κ1) is 17.2. The second-order valence-electron chi connectivity index (χ2n) is 5.54. The van der Waals surface area contributed by atoms with E-state index in [1.807, 2.05) is 31.2 Å². The molecule has 0 spiro atoms. The fourth-order valence-electron chi connectivity index (χ4n) is 2.41. The van der Waals surface area contributed by atoms with Gasteiger partial charge in [0.25, 0.3) is 0 Å². The maximum absolute atomic E-state index is 6.02. The SMILES string of the molecule is C=Cc1cccc(COc2ccc(C)cc2C)c1NC(=S)CC. The number of aryl methyl sites for hydroxylation is 2. The highest BCUT2D eigenvalue weighted by molar-refractivity contribution is 7.80. The van der Waals surface area contributed by atoms with Crippen molar-refractivity contribution in [3.63, 3.8) is 0 Å². The van der Waals surface area contributed by atoms with Gasteiger partial charge in [0.1, 0.15) is 12.4 Å². The Morgan fingerprint density at radius 1 is 1.26 bits per heavy atom. The second-order valence-corrected chi connectivity index (χ2v) is 6.04. The molecule has 0 bridgehead atoms. The average Bonchev–Trinajstić information content (AvgIpc) is 2.54. The van der Waals surface area contributed by atoms with E-state index in [0.717, 1.165) is 39.5 Å². The quantitative estimate of drug-likeness (QED) is 0.691. The highest BCUT2D eigenvalue weighted by Crippen LogP contribution is 2.26. The summed E-state index contributed by atoms with van der Waals surface area (Å²) in [5.41, 5.74) is 5.46. The third kappa shape index (κ3) is 4.42. The van der Waals surface area contributed by atoms with Gasteiger partial charge in [0, 0.05) is 5.56 Å². The molecule has 0 saturated heterocycles. The number of benzene rings is 2. The van der Waals surface area contributed by atoms with Crippen LogP contribution in [-0.2, 0) is 6.61 Å². The first-order valence-corrected chi connectivity index (χ1v) is 8.20. The van der Waals surface area contributed by atoms with Crippen LogP contribution in [-0.4, -0.2) is 4.99 Å². The van der Waals surface area contributed by atoms with Crippen molar-refractivity contribution in [1.82, 2.24) is 0 Å². The van der Waals surface area contributed by atoms with E-state index in [0.29, 0.717) is 6.61 Å². The van der Waals surface area contributed by atoms with Crippen molar-refractivity contribution in [3.05, 3.63) is 65.2 Å². The standard InChI is InChI=1S/C20H23NOS/c1-5-16-8-7-9-17(20(16)21-19(23)6-2)13-22-18-11-10-14(3)12-15(18)4/h5,7-12H,1,6,13H2,2-4H3,(H,21,23). The lowest BCUT2D eigenvalue weighted by Crippen LogP contribution is -2.11. The topological polar surface area (TPSA) is 21.3 Å². The number of hydrogen-bond acceptors (Lipinski definition) is 2. The van der Waals surface area contributed by atoms with Crippen LogP contribution < -0.4 is 10.1 Å². The summed E-state index contributed by atoms with van der Waals surface area (Å²) in [6.07, 6.45) is 2.64. The molecular weight excluding hydrogens is 302 g/mol. The van der Waals surface area contributed by atoms with Gasteiger partial charge in [0.15, 0.2) is 0 Å². The first-order chi connectivity index (χ1) is 11.0. The molecule has 0 amide bonds. The van der Waals surface area contributed by atoms with Crippen molar-refractivity contribution in [1.29, 1.82) is 0 Å². The smallest absolute Gasteiger partial charge is 0.122 e. The Morgan fingerprint density at radius 2 is 2.04 bits per heavy atom. The minimum atomic E-state index is 0.486. The molecule has 0 saturated carbocycles. The van der Waals surface area contributed by atoms with E-state index in [-0.39, 0.29) is 0 Å². The van der Waals surface area contributed by atoms with Crippen molar-refractivity contribution in [2.24, 2.45) is 0 Å². The van der Waals surface area contributed by atoms with E-state index in [9.17, 15) is 0 Å². The van der Waals surface area contributed by atoms with Crippen molar-refractivity contribution < 1.29 is 4.74 Å². The molecule has 0 aliphatic rings. The van der Waals surface area contributed by atoms with Crippen LogP contribution in [0.5, 0.6) is 5.75 Å². The van der Waals surface area contributed by atoms with E-state index in [2.05, 4.69) is 43.9 Å². The van der Waals surface area contributed by atoms with Crippen LogP contribution in [0.25, 0.3) is 6.08 Å². The average molecular weight is 325 g/mol. The van der Waals surface area contributed by atoms with E-state index >= 15 is 0 Å². The highest BCUT2D eigenvalue weighted by atomic mass is 32.1. The lowest BCUT2D eigenvalue weighted by molar-refractivity contribution is 0.304. The van der Waals surface area contributed by atoms with Crippen LogP contribution in [0.1, 0.15) is 35.6 Å². The van der Waals surface area contributed by atoms with E-state index < -0.39 is 0 Å². The van der Waals surface area contributed by atoms with Gasteiger partial charge in [-0.15, -0.1) is 0 Å². The minimum absolute atomic E-state index is 0.486. The molecule has 2 rings (SSSR count). The fraction of sp³-hybridized carbons (Fsp3) is 0.250. The normalized spacial score (nSPS) is 10.2. The van der Waals surface area contributed by atoms with Crippen LogP contribution in [0.3, 0.4) is 0 Å². The van der Waals surface area contributed by atoms with Crippen LogP contribution in [0.15, 0.2) is 43.0 Å². The van der Waals surface area contributed by atoms with Gasteiger partial charge in [0.2, 0.25) is 0 Å². The summed E-state index contributed by atoms with van der Waals surface area (Å²) in [5, 5.41) is 3.32. The Hall–Kier alpha value is -2.13. The molecule has 3 heteroatoms. The molecule has 23 heavy (non-hydrogen) atoms. The molecule has 0 fully saturated rings. The van der Waals surface area contributed by atoms with Crippen molar-refractivity contribution >= 4 is 29.0 Å². The Balaban J connectivity index is 2.24. The van der Waals surface area contributed by atoms with Crippen LogP contribution >= 0.6 is 12.2 Å². The number of rotatable bonds is 6. The number of para-hydroxylation sites is 1. The predicted molar refractivity (Wildman–Crippen MR) is 103 cm³/mol. The van der Waals surface area contributed by atoms with Gasteiger partial charge in [0.05, 0.1) is 10.7 Å². The lowest BCUT2D eigenvalue weighted by Gasteiger charge is -2.16. The molecule has 0 aromatic heterocycles. The third-order valence-electron chi connectivity index (χ3n) is 3.70. The van der Waals surface area contributed by atoms with Gasteiger partial charge in [-0.1, -0.05) is 67.7 Å². The molecule has 1 N–H and O–H groups in total. The van der Waals surface area contributed by atoms with Crippen molar-refractivity contribution in [3.8, 4) is 5.75 Å². The second kappa shape index (κ2) is 7.93. The van der Waals surface area contributed by atoms with Crippen LogP contribution in [0, 0.1) is 13.8 Å². The zero-order valence-corrected chi connectivity index (χ0v) is 14.8. The van der Waals surface area contributed by atoms with E-state index in [4.69, 9.17) is 17.0 Å². The van der Waals surface area contributed by atoms with Gasteiger partial charge in [-0.05, 0) is 37.5 Å². The number of hydrogen-bond donors (Lipinski definition) is 1. The van der Waals surface area contributed by atoms with Gasteiger partial charge in [-0.25, -0.2) is 0 Å². The van der Waals surface area contributed by atoms with Gasteiger partial charge >= 0.3 is 0 Å². The predicted octanol–water partition coefficient (Wildman–Crippen LogP) is 5.67. The van der Waals surface area contributed by atoms with E-state index in [1.54, 1.807) is 0 Å². The Bertz CT molecular complexity index is 722. The fourth-order valence-corrected chi connectivity index (χ4v) is 2.51. The zero-order chi connectivity index (χ0) is 16.8. The Morgan fingerprint density at radius 3 is 2.70 bits per heavy atom. The summed E-state index contributed by atoms with van der Waals surface area (Å²) in [6, 6.07) is 12.3. The maximum atomic E-state index is 6.02. The molecular formula is C20H23NOS. The van der Waals surface area contributed by atoms with Gasteiger partial charge in [-0.2, -0.15) is 0 Å². The van der Waals surface area contributed by atoms with E-state index in [1.165, 1.54) is 5.56 Å². The molecule has 2 aromatic carbocycles. The summed E-state index contributed by atoms with van der Waals surface area (Å²) >= 11 is 5.33. The highest BCUT2D eigenvalue weighted by Gasteiger charge is 2.09. The number of thiocarbonyl (C=S) groups is 1. The van der Waals surface area contributed by atoms with Gasteiger partial charge in [-0.3, -0.25) is 0 Å². The van der Waals surface area contributed by atoms with Crippen molar-refractivity contribution in [2.45, 2.75) is 33.8 Å². The Kier molecular flexibility index (Phi) is 5.94. The summed E-state index contributed by atoms with van der Waals surface area (Å²) < 4.78 is 6.02. The first-order valence-electron chi connectivity index (χ1n) is 7.79. The van der Waals surface area contributed by atoms with Crippen LogP contribution in [0.4, 0.5) is 5.69 Å². The molecule has 0 atom stereocenters. The summed E-state index contributed by atoms with van der Waals surface area (Å²) in [5.74, 6) is 0.906. The molecule has 2 nitrogen and oxygen atoms in total. The third-order valence-corrected chi connectivity index (χ3v) is 4.09.